The lowest BCUT2D eigenvalue weighted by molar-refractivity contribution is -0.923. The highest BCUT2D eigenvalue weighted by Gasteiger charge is 2.22. The van der Waals surface area contributed by atoms with E-state index in [1.807, 2.05) is 24.3 Å². The number of benzene rings is 4. The van der Waals surface area contributed by atoms with Gasteiger partial charge in [0.05, 0.1) is 39.3 Å². The Morgan fingerprint density at radius 1 is 0.442 bits per heavy atom. The third-order valence-corrected chi connectivity index (χ3v) is 10.9. The number of nitrogens with zero attached hydrogens (tertiary/aromatic N) is 2. The van der Waals surface area contributed by atoms with Crippen LogP contribution in [0.5, 0.6) is 11.5 Å². The number of rotatable bonds is 18. The van der Waals surface area contributed by atoms with E-state index >= 15 is 0 Å². The zero-order valence-corrected chi connectivity index (χ0v) is 35.1. The van der Waals surface area contributed by atoms with Crippen LogP contribution in [0, 0.1) is 24.7 Å². The van der Waals surface area contributed by atoms with Crippen LogP contribution in [-0.2, 0) is 0 Å². The van der Waals surface area contributed by atoms with Gasteiger partial charge in [0.25, 0.3) is 0 Å². The van der Waals surface area contributed by atoms with Crippen LogP contribution in [0.3, 0.4) is 0 Å². The Labute approximate surface area is 335 Å². The summed E-state index contributed by atoms with van der Waals surface area (Å²) in [4.78, 5) is 0. The van der Waals surface area contributed by atoms with E-state index in [1.165, 1.54) is 0 Å². The molecule has 0 aliphatic rings. The van der Waals surface area contributed by atoms with E-state index in [2.05, 4.69) is 126 Å². The summed E-state index contributed by atoms with van der Waals surface area (Å²) in [5, 5.41) is 0. The fourth-order valence-corrected chi connectivity index (χ4v) is 6.82. The Kier molecular flexibility index (Phi) is 18.5. The first kappa shape index (κ1) is 44.4. The molecule has 0 N–H and O–H groups in total. The topological polar surface area (TPSA) is 18.5 Å². The largest absolute Gasteiger partial charge is 1.00 e. The molecule has 0 aliphatic carbocycles. The number of hydrogen-bond acceptors (Lipinski definition) is 2. The van der Waals surface area contributed by atoms with Crippen LogP contribution in [0.25, 0.3) is 11.1 Å². The van der Waals surface area contributed by atoms with Gasteiger partial charge in [0, 0.05) is 11.1 Å². The molecular formula is C46H56Br2N2O2. The Balaban J connectivity index is 0.00000468. The monoisotopic (exact) mass is 826 g/mol. The molecule has 4 aromatic carbocycles. The number of ether oxygens (including phenoxy) is 2. The minimum atomic E-state index is 0. The lowest BCUT2D eigenvalue weighted by Gasteiger charge is -2.35. The van der Waals surface area contributed by atoms with Crippen molar-refractivity contribution in [3.8, 4) is 36.2 Å². The maximum atomic E-state index is 6.30. The quantitative estimate of drug-likeness (QED) is 0.0874. The SMILES string of the molecule is C#Cc1ccc(C(=C(c2ccc(OCC[N+](CC)(CC)CC)cc2)c2ccc(OCC[N+](CC)(CC)CC)cc2)c2ccc(C#C)cc2)cc1.[Br-].[Br-]. The molecule has 0 atom stereocenters. The zero-order chi connectivity index (χ0) is 36.0. The molecular weight excluding hydrogens is 772 g/mol. The maximum Gasteiger partial charge on any atom is 0.137 e. The average molecular weight is 829 g/mol. The second kappa shape index (κ2) is 21.7. The number of quaternary nitrogens is 2. The average Bonchev–Trinajstić information content (AvgIpc) is 3.18. The van der Waals surface area contributed by atoms with Gasteiger partial charge < -0.3 is 52.4 Å². The van der Waals surface area contributed by atoms with Crippen LogP contribution in [-0.4, -0.2) is 74.5 Å². The fraction of sp³-hybridized carbons (Fsp3) is 0.348. The minimum absolute atomic E-state index is 0. The Bertz CT molecular complexity index is 1610. The first-order valence-corrected chi connectivity index (χ1v) is 18.4. The van der Waals surface area contributed by atoms with Gasteiger partial charge in [0.1, 0.15) is 37.8 Å². The van der Waals surface area contributed by atoms with Gasteiger partial charge in [-0.2, -0.15) is 0 Å². The molecule has 52 heavy (non-hydrogen) atoms. The van der Waals surface area contributed by atoms with E-state index in [9.17, 15) is 0 Å². The normalized spacial score (nSPS) is 10.9. The van der Waals surface area contributed by atoms with Crippen molar-refractivity contribution in [3.63, 3.8) is 0 Å². The second-order valence-electron chi connectivity index (χ2n) is 13.0. The van der Waals surface area contributed by atoms with Crippen LogP contribution in [0.4, 0.5) is 0 Å². The number of hydrogen-bond donors (Lipinski definition) is 0. The lowest BCUT2D eigenvalue weighted by Crippen LogP contribution is -3.00. The molecule has 0 aromatic heterocycles. The summed E-state index contributed by atoms with van der Waals surface area (Å²) in [7, 11) is 0. The van der Waals surface area contributed by atoms with Gasteiger partial charge in [-0.25, -0.2) is 0 Å². The van der Waals surface area contributed by atoms with Crippen molar-refractivity contribution in [3.05, 3.63) is 130 Å². The van der Waals surface area contributed by atoms with Crippen LogP contribution >= 0.6 is 0 Å². The van der Waals surface area contributed by atoms with E-state index in [-0.39, 0.29) is 34.0 Å². The van der Waals surface area contributed by atoms with E-state index in [1.54, 1.807) is 0 Å². The van der Waals surface area contributed by atoms with E-state index in [0.29, 0.717) is 13.2 Å². The molecule has 0 aliphatic heterocycles. The van der Waals surface area contributed by atoms with Crippen molar-refractivity contribution < 1.29 is 52.4 Å². The smallest absolute Gasteiger partial charge is 0.137 e. The van der Waals surface area contributed by atoms with Gasteiger partial charge in [0.2, 0.25) is 0 Å². The molecule has 0 saturated heterocycles. The van der Waals surface area contributed by atoms with Gasteiger partial charge in [-0.05, 0) is 123 Å². The molecule has 0 heterocycles. The molecule has 0 radical (unpaired) electrons. The first-order chi connectivity index (χ1) is 24.3. The number of terminal acetylenes is 2. The van der Waals surface area contributed by atoms with Crippen molar-refractivity contribution >= 4 is 11.1 Å². The number of likely N-dealkylation sites (N-methyl/N-ethyl adjacent to an activating group) is 2. The molecule has 4 rings (SSSR count). The van der Waals surface area contributed by atoms with Crippen LogP contribution < -0.4 is 43.4 Å². The standard InChI is InChI=1S/C46H56N2O2.2BrH/c1-9-37-17-21-39(22-18-37)45(40-23-19-38(10-2)20-24-40)46(41-25-29-43(30-26-41)49-35-33-47(11-3,12-4)13-5)42-27-31-44(32-28-42)50-36-34-48(14-6,15-7)16-8;;/h1-2,17-32H,11-16,33-36H2,3-8H3;2*1H/q+2;;/p-2. The van der Waals surface area contributed by atoms with Gasteiger partial charge in [0.15, 0.2) is 0 Å². The summed E-state index contributed by atoms with van der Waals surface area (Å²) < 4.78 is 14.7. The van der Waals surface area contributed by atoms with Gasteiger partial charge in [-0.3, -0.25) is 0 Å². The molecule has 0 unspecified atom stereocenters. The summed E-state index contributed by atoms with van der Waals surface area (Å²) in [6, 6.07) is 33.4. The van der Waals surface area contributed by atoms with E-state index < -0.39 is 0 Å². The Morgan fingerprint density at radius 3 is 0.923 bits per heavy atom. The Hall–Kier alpha value is -3.78. The van der Waals surface area contributed by atoms with Gasteiger partial charge in [-0.1, -0.05) is 60.4 Å². The summed E-state index contributed by atoms with van der Waals surface area (Å²) in [5.74, 6) is 7.26. The summed E-state index contributed by atoms with van der Waals surface area (Å²) >= 11 is 0. The fourth-order valence-electron chi connectivity index (χ4n) is 6.82. The van der Waals surface area contributed by atoms with Crippen molar-refractivity contribution in [2.75, 3.05) is 65.6 Å². The van der Waals surface area contributed by atoms with Crippen LogP contribution in [0.2, 0.25) is 0 Å². The minimum Gasteiger partial charge on any atom is -1.00 e. The summed E-state index contributed by atoms with van der Waals surface area (Å²) in [6.45, 7) is 23.6. The highest BCUT2D eigenvalue weighted by molar-refractivity contribution is 6.04. The van der Waals surface area contributed by atoms with Crippen LogP contribution in [0.15, 0.2) is 97.1 Å². The first-order valence-electron chi connectivity index (χ1n) is 18.4. The highest BCUT2D eigenvalue weighted by atomic mass is 79.9. The molecule has 0 bridgehead atoms. The number of halogens is 2. The molecule has 0 fully saturated rings. The Morgan fingerprint density at radius 2 is 0.692 bits per heavy atom. The molecule has 6 heteroatoms. The molecule has 4 aromatic rings. The van der Waals surface area contributed by atoms with Crippen molar-refractivity contribution in [1.82, 2.24) is 0 Å². The van der Waals surface area contributed by atoms with E-state index in [0.717, 1.165) is 117 Å². The predicted octanol–water partition coefficient (Wildman–Crippen LogP) is 3.18. The van der Waals surface area contributed by atoms with E-state index in [4.69, 9.17) is 22.3 Å². The van der Waals surface area contributed by atoms with Crippen molar-refractivity contribution in [1.29, 1.82) is 0 Å². The third-order valence-electron chi connectivity index (χ3n) is 10.9. The molecule has 4 nitrogen and oxygen atoms in total. The molecule has 0 amide bonds. The molecule has 0 saturated carbocycles. The zero-order valence-electron chi connectivity index (χ0n) is 31.9. The molecule has 0 spiro atoms. The third kappa shape index (κ3) is 11.1. The van der Waals surface area contributed by atoms with Crippen LogP contribution in [0.1, 0.15) is 74.9 Å². The predicted molar refractivity (Wildman–Crippen MR) is 211 cm³/mol. The van der Waals surface area contributed by atoms with Gasteiger partial charge in [-0.15, -0.1) is 12.8 Å². The van der Waals surface area contributed by atoms with Crippen molar-refractivity contribution in [2.24, 2.45) is 0 Å². The lowest BCUT2D eigenvalue weighted by atomic mass is 9.85. The highest BCUT2D eigenvalue weighted by Crippen LogP contribution is 2.38. The van der Waals surface area contributed by atoms with Crippen molar-refractivity contribution in [2.45, 2.75) is 41.5 Å². The van der Waals surface area contributed by atoms with Gasteiger partial charge >= 0.3 is 0 Å². The second-order valence-corrected chi connectivity index (χ2v) is 13.0. The summed E-state index contributed by atoms with van der Waals surface area (Å²) in [5.41, 5.74) is 8.17. The molecule has 276 valence electrons. The maximum absolute atomic E-state index is 6.30. The summed E-state index contributed by atoms with van der Waals surface area (Å²) in [6.07, 6.45) is 11.5.